The van der Waals surface area contributed by atoms with Crippen molar-refractivity contribution in [1.82, 2.24) is 0 Å². The SMILES string of the molecule is FC(F)(F)c1cccc(C(Cl)c2ccc(Cl)c(Cl)c2)c1. The molecule has 0 heterocycles. The Labute approximate surface area is 129 Å². The molecule has 0 bridgehead atoms. The lowest BCUT2D eigenvalue weighted by Gasteiger charge is -2.14. The van der Waals surface area contributed by atoms with E-state index in [0.717, 1.165) is 12.1 Å². The summed E-state index contributed by atoms with van der Waals surface area (Å²) in [6, 6.07) is 9.62. The van der Waals surface area contributed by atoms with Crippen LogP contribution in [0.4, 0.5) is 13.2 Å². The lowest BCUT2D eigenvalue weighted by Crippen LogP contribution is -2.06. The van der Waals surface area contributed by atoms with E-state index in [0.29, 0.717) is 21.2 Å². The first-order valence-electron chi connectivity index (χ1n) is 5.55. The molecule has 2 aromatic rings. The van der Waals surface area contributed by atoms with Crippen molar-refractivity contribution in [2.45, 2.75) is 11.6 Å². The molecule has 0 amide bonds. The molecule has 1 unspecified atom stereocenters. The Balaban J connectivity index is 2.38. The van der Waals surface area contributed by atoms with Crippen molar-refractivity contribution in [3.05, 3.63) is 69.2 Å². The molecular weight excluding hydrogens is 332 g/mol. The number of halogens is 6. The van der Waals surface area contributed by atoms with Gasteiger partial charge in [0.15, 0.2) is 0 Å². The van der Waals surface area contributed by atoms with Crippen LogP contribution in [0.5, 0.6) is 0 Å². The zero-order chi connectivity index (χ0) is 14.9. The number of hydrogen-bond acceptors (Lipinski definition) is 0. The molecule has 0 saturated heterocycles. The minimum Gasteiger partial charge on any atom is -0.166 e. The fourth-order valence-electron chi connectivity index (χ4n) is 1.74. The Morgan fingerprint density at radius 2 is 1.50 bits per heavy atom. The predicted molar refractivity (Wildman–Crippen MR) is 75.6 cm³/mol. The Bertz CT molecular complexity index is 623. The molecule has 0 aliphatic heterocycles. The van der Waals surface area contributed by atoms with Gasteiger partial charge in [-0.25, -0.2) is 0 Å². The van der Waals surface area contributed by atoms with Gasteiger partial charge in [0.2, 0.25) is 0 Å². The van der Waals surface area contributed by atoms with E-state index in [1.165, 1.54) is 12.1 Å². The molecule has 0 fully saturated rings. The van der Waals surface area contributed by atoms with Crippen molar-refractivity contribution in [3.63, 3.8) is 0 Å². The third-order valence-corrected chi connectivity index (χ3v) is 3.99. The minimum absolute atomic E-state index is 0.307. The van der Waals surface area contributed by atoms with E-state index < -0.39 is 17.1 Å². The molecule has 0 aliphatic rings. The van der Waals surface area contributed by atoms with Crippen LogP contribution in [0.1, 0.15) is 22.1 Å². The van der Waals surface area contributed by atoms with Crippen LogP contribution in [0, 0.1) is 0 Å². The van der Waals surface area contributed by atoms with Crippen molar-refractivity contribution in [1.29, 1.82) is 0 Å². The largest absolute Gasteiger partial charge is 0.416 e. The average molecular weight is 340 g/mol. The van der Waals surface area contributed by atoms with Crippen LogP contribution >= 0.6 is 34.8 Å². The first-order chi connectivity index (χ1) is 9.29. The van der Waals surface area contributed by atoms with Crippen molar-refractivity contribution < 1.29 is 13.2 Å². The normalized spacial score (nSPS) is 13.3. The van der Waals surface area contributed by atoms with Gasteiger partial charge in [0.25, 0.3) is 0 Å². The molecule has 0 aromatic heterocycles. The Morgan fingerprint density at radius 1 is 0.850 bits per heavy atom. The summed E-state index contributed by atoms with van der Waals surface area (Å²) in [4.78, 5) is 0. The van der Waals surface area contributed by atoms with Crippen LogP contribution in [0.15, 0.2) is 42.5 Å². The van der Waals surface area contributed by atoms with E-state index >= 15 is 0 Å². The predicted octanol–water partition coefficient (Wildman–Crippen LogP) is 6.34. The molecule has 0 N–H and O–H groups in total. The van der Waals surface area contributed by atoms with E-state index in [4.69, 9.17) is 34.8 Å². The maximum absolute atomic E-state index is 12.7. The maximum atomic E-state index is 12.7. The molecule has 106 valence electrons. The zero-order valence-electron chi connectivity index (χ0n) is 9.89. The lowest BCUT2D eigenvalue weighted by molar-refractivity contribution is -0.137. The van der Waals surface area contributed by atoms with E-state index in [2.05, 4.69) is 0 Å². The zero-order valence-corrected chi connectivity index (χ0v) is 12.2. The number of rotatable bonds is 2. The van der Waals surface area contributed by atoms with Crippen LogP contribution < -0.4 is 0 Å². The van der Waals surface area contributed by atoms with Gasteiger partial charge in [0, 0.05) is 0 Å². The number of alkyl halides is 4. The molecule has 0 spiro atoms. The summed E-state index contributed by atoms with van der Waals surface area (Å²) in [6.07, 6.45) is -4.40. The Kier molecular flexibility index (Phi) is 4.52. The maximum Gasteiger partial charge on any atom is 0.416 e. The van der Waals surface area contributed by atoms with Crippen LogP contribution in [-0.2, 0) is 6.18 Å². The summed E-state index contributed by atoms with van der Waals surface area (Å²) in [5, 5.41) is -0.0582. The van der Waals surface area contributed by atoms with E-state index in [-0.39, 0.29) is 0 Å². The van der Waals surface area contributed by atoms with Gasteiger partial charge >= 0.3 is 6.18 Å². The fourth-order valence-corrected chi connectivity index (χ4v) is 2.31. The van der Waals surface area contributed by atoms with Gasteiger partial charge in [-0.3, -0.25) is 0 Å². The molecule has 0 radical (unpaired) electrons. The summed E-state index contributed by atoms with van der Waals surface area (Å²) in [7, 11) is 0. The van der Waals surface area contributed by atoms with Crippen LogP contribution in [0.25, 0.3) is 0 Å². The van der Waals surface area contributed by atoms with Gasteiger partial charge in [-0.15, -0.1) is 11.6 Å². The molecule has 1 atom stereocenters. The minimum atomic E-state index is -4.40. The molecular formula is C14H8Cl3F3. The van der Waals surface area contributed by atoms with Crippen molar-refractivity contribution in [2.24, 2.45) is 0 Å². The second-order valence-electron chi connectivity index (χ2n) is 4.16. The summed E-state index contributed by atoms with van der Waals surface area (Å²) in [5.74, 6) is 0. The van der Waals surface area contributed by atoms with Crippen molar-refractivity contribution in [3.8, 4) is 0 Å². The summed E-state index contributed by atoms with van der Waals surface area (Å²) in [5.41, 5.74) is 0.195. The second-order valence-corrected chi connectivity index (χ2v) is 5.41. The highest BCUT2D eigenvalue weighted by Gasteiger charge is 2.31. The van der Waals surface area contributed by atoms with Gasteiger partial charge in [-0.1, -0.05) is 41.4 Å². The number of benzene rings is 2. The van der Waals surface area contributed by atoms with Gasteiger partial charge in [-0.05, 0) is 35.4 Å². The van der Waals surface area contributed by atoms with Crippen LogP contribution in [-0.4, -0.2) is 0 Å². The Hall–Kier alpha value is -0.900. The first-order valence-corrected chi connectivity index (χ1v) is 6.74. The highest BCUT2D eigenvalue weighted by Crippen LogP contribution is 2.36. The van der Waals surface area contributed by atoms with Crippen LogP contribution in [0.3, 0.4) is 0 Å². The Morgan fingerprint density at radius 3 is 2.10 bits per heavy atom. The summed E-state index contributed by atoms with van der Waals surface area (Å²) >= 11 is 17.9. The molecule has 0 nitrogen and oxygen atoms in total. The van der Waals surface area contributed by atoms with E-state index in [1.807, 2.05) is 0 Å². The highest BCUT2D eigenvalue weighted by atomic mass is 35.5. The smallest absolute Gasteiger partial charge is 0.166 e. The van der Waals surface area contributed by atoms with Crippen LogP contribution in [0.2, 0.25) is 10.0 Å². The lowest BCUT2D eigenvalue weighted by atomic mass is 10.0. The first kappa shape index (κ1) is 15.5. The number of hydrogen-bond donors (Lipinski definition) is 0. The topological polar surface area (TPSA) is 0 Å². The standard InChI is InChI=1S/C14H8Cl3F3/c15-11-5-4-9(7-12(11)16)13(17)8-2-1-3-10(6-8)14(18,19)20/h1-7,13H. The van der Waals surface area contributed by atoms with E-state index in [1.54, 1.807) is 18.2 Å². The summed E-state index contributed by atoms with van der Waals surface area (Å²) < 4.78 is 38.0. The van der Waals surface area contributed by atoms with Gasteiger partial charge in [-0.2, -0.15) is 13.2 Å². The summed E-state index contributed by atoms with van der Waals surface area (Å²) in [6.45, 7) is 0. The molecule has 6 heteroatoms. The fraction of sp³-hybridized carbons (Fsp3) is 0.143. The molecule has 20 heavy (non-hydrogen) atoms. The third-order valence-electron chi connectivity index (χ3n) is 2.74. The van der Waals surface area contributed by atoms with Gasteiger partial charge in [0.05, 0.1) is 21.0 Å². The molecule has 0 saturated carbocycles. The average Bonchev–Trinajstić information content (AvgIpc) is 2.40. The molecule has 0 aliphatic carbocycles. The van der Waals surface area contributed by atoms with E-state index in [9.17, 15) is 13.2 Å². The quantitative estimate of drug-likeness (QED) is 0.560. The van der Waals surface area contributed by atoms with Crippen molar-refractivity contribution in [2.75, 3.05) is 0 Å². The molecule has 2 aromatic carbocycles. The second kappa shape index (κ2) is 5.84. The monoisotopic (exact) mass is 338 g/mol. The third kappa shape index (κ3) is 3.40. The molecule has 2 rings (SSSR count). The van der Waals surface area contributed by atoms with Gasteiger partial charge in [0.1, 0.15) is 0 Å². The van der Waals surface area contributed by atoms with Gasteiger partial charge < -0.3 is 0 Å². The highest BCUT2D eigenvalue weighted by molar-refractivity contribution is 6.42. The van der Waals surface area contributed by atoms with Crippen molar-refractivity contribution >= 4 is 34.8 Å².